The fourth-order valence-electron chi connectivity index (χ4n) is 6.10. The fourth-order valence-corrected chi connectivity index (χ4v) is 6.10. The predicted molar refractivity (Wildman–Crippen MR) is 142 cm³/mol. The van der Waals surface area contributed by atoms with E-state index in [-0.39, 0.29) is 36.2 Å². The molecule has 0 N–H and O–H groups in total. The summed E-state index contributed by atoms with van der Waals surface area (Å²) in [4.78, 5) is 31.3. The number of benzene rings is 1. The van der Waals surface area contributed by atoms with Crippen LogP contribution in [0.1, 0.15) is 58.1 Å². The van der Waals surface area contributed by atoms with Crippen LogP contribution in [-0.2, 0) is 9.59 Å². The van der Waals surface area contributed by atoms with Crippen molar-refractivity contribution in [3.63, 3.8) is 0 Å². The van der Waals surface area contributed by atoms with Crippen LogP contribution in [0.3, 0.4) is 0 Å². The number of rotatable bonds is 6. The number of nitrogens with zero attached hydrogens (tertiary/aromatic N) is 3. The number of allylic oxidation sites excluding steroid dienone is 2. The first kappa shape index (κ1) is 28.4. The van der Waals surface area contributed by atoms with Crippen LogP contribution in [-0.4, -0.2) is 71.5 Å². The van der Waals surface area contributed by atoms with Gasteiger partial charge in [-0.1, -0.05) is 62.4 Å². The van der Waals surface area contributed by atoms with E-state index >= 15 is 0 Å². The zero-order valence-corrected chi connectivity index (χ0v) is 22.7. The van der Waals surface area contributed by atoms with Gasteiger partial charge in [0.1, 0.15) is 0 Å². The zero-order valence-electron chi connectivity index (χ0n) is 22.7. The van der Waals surface area contributed by atoms with Gasteiger partial charge in [-0.15, -0.1) is 0 Å². The molecule has 2 heterocycles. The molecule has 1 aromatic carbocycles. The number of halogens is 3. The predicted octanol–water partition coefficient (Wildman–Crippen LogP) is 5.61. The van der Waals surface area contributed by atoms with Gasteiger partial charge in [0.25, 0.3) is 0 Å². The number of carbonyl (C=O) groups excluding carboxylic acids is 2. The van der Waals surface area contributed by atoms with Crippen molar-refractivity contribution >= 4 is 11.8 Å². The molecule has 2 unspecified atom stereocenters. The SMILES string of the molecule is CC(=O)N1CCC(CC(=O)N2CCN(C(C3=CCC(C(F)(F)F)C=C3)c3ccccc3)C[C@@H]2C(C)C)CC1. The van der Waals surface area contributed by atoms with Gasteiger partial charge in [-0.3, -0.25) is 14.5 Å². The molecule has 1 aromatic rings. The van der Waals surface area contributed by atoms with E-state index in [1.165, 1.54) is 6.08 Å². The first-order valence-corrected chi connectivity index (χ1v) is 13.8. The van der Waals surface area contributed by atoms with Crippen molar-refractivity contribution in [2.24, 2.45) is 17.8 Å². The Morgan fingerprint density at radius 3 is 2.26 bits per heavy atom. The number of piperazine rings is 1. The quantitative estimate of drug-likeness (QED) is 0.479. The van der Waals surface area contributed by atoms with Gasteiger partial charge in [-0.05, 0) is 42.2 Å². The summed E-state index contributed by atoms with van der Waals surface area (Å²) < 4.78 is 39.8. The highest BCUT2D eigenvalue weighted by molar-refractivity contribution is 5.77. The molecule has 208 valence electrons. The minimum atomic E-state index is -4.24. The highest BCUT2D eigenvalue weighted by atomic mass is 19.4. The van der Waals surface area contributed by atoms with E-state index in [0.717, 1.165) is 24.0 Å². The number of alkyl halides is 3. The van der Waals surface area contributed by atoms with Gasteiger partial charge in [0.05, 0.1) is 12.0 Å². The summed E-state index contributed by atoms with van der Waals surface area (Å²) in [6.45, 7) is 9.20. The largest absolute Gasteiger partial charge is 0.395 e. The van der Waals surface area contributed by atoms with Crippen LogP contribution in [0.5, 0.6) is 0 Å². The van der Waals surface area contributed by atoms with Crippen LogP contribution >= 0.6 is 0 Å². The van der Waals surface area contributed by atoms with Crippen molar-refractivity contribution in [2.75, 3.05) is 32.7 Å². The van der Waals surface area contributed by atoms with Crippen molar-refractivity contribution in [1.82, 2.24) is 14.7 Å². The lowest BCUT2D eigenvalue weighted by Crippen LogP contribution is -2.58. The van der Waals surface area contributed by atoms with E-state index in [4.69, 9.17) is 0 Å². The summed E-state index contributed by atoms with van der Waals surface area (Å²) >= 11 is 0. The molecule has 2 fully saturated rings. The fraction of sp³-hybridized carbons (Fsp3) is 0.600. The molecule has 0 bridgehead atoms. The van der Waals surface area contributed by atoms with E-state index < -0.39 is 12.1 Å². The Morgan fingerprint density at radius 2 is 1.71 bits per heavy atom. The topological polar surface area (TPSA) is 43.9 Å². The molecule has 38 heavy (non-hydrogen) atoms. The highest BCUT2D eigenvalue weighted by Crippen LogP contribution is 2.39. The smallest absolute Gasteiger partial charge is 0.343 e. The first-order valence-electron chi connectivity index (χ1n) is 13.8. The molecule has 3 atom stereocenters. The molecule has 4 rings (SSSR count). The van der Waals surface area contributed by atoms with E-state index in [1.807, 2.05) is 40.1 Å². The standard InChI is InChI=1S/C30H40F3N3O2/c1-21(2)27-20-35(17-18-36(27)28(38)19-23-13-15-34(16-14-23)22(3)37)29(24-7-5-4-6-8-24)25-9-11-26(12-10-25)30(31,32)33/h4-11,21,23,26-27,29H,12-20H2,1-3H3/t26?,27-,29?/m1/s1. The molecule has 3 aliphatic rings. The van der Waals surface area contributed by atoms with Crippen molar-refractivity contribution < 1.29 is 22.8 Å². The van der Waals surface area contributed by atoms with Crippen LogP contribution in [0.2, 0.25) is 0 Å². The average Bonchev–Trinajstić information content (AvgIpc) is 2.89. The van der Waals surface area contributed by atoms with E-state index in [2.05, 4.69) is 18.7 Å². The summed E-state index contributed by atoms with van der Waals surface area (Å²) in [5.41, 5.74) is 1.93. The van der Waals surface area contributed by atoms with Gasteiger partial charge in [0.2, 0.25) is 11.8 Å². The molecule has 8 heteroatoms. The number of likely N-dealkylation sites (tertiary alicyclic amines) is 1. The third kappa shape index (κ3) is 6.68. The minimum absolute atomic E-state index is 0.0239. The lowest BCUT2D eigenvalue weighted by Gasteiger charge is -2.47. The maximum atomic E-state index is 13.5. The molecule has 0 radical (unpaired) electrons. The molecule has 2 saturated heterocycles. The van der Waals surface area contributed by atoms with Gasteiger partial charge >= 0.3 is 6.18 Å². The van der Waals surface area contributed by atoms with Gasteiger partial charge in [0, 0.05) is 52.1 Å². The molecular formula is C30H40F3N3O2. The Hall–Kier alpha value is -2.61. The van der Waals surface area contributed by atoms with E-state index in [9.17, 15) is 22.8 Å². The molecule has 2 aliphatic heterocycles. The number of hydrogen-bond acceptors (Lipinski definition) is 3. The Balaban J connectivity index is 1.48. The summed E-state index contributed by atoms with van der Waals surface area (Å²) in [6, 6.07) is 9.80. The van der Waals surface area contributed by atoms with Gasteiger partial charge in [-0.2, -0.15) is 13.2 Å². The third-order valence-corrected chi connectivity index (χ3v) is 8.41. The van der Waals surface area contributed by atoms with Gasteiger partial charge in [-0.25, -0.2) is 0 Å². The molecule has 0 saturated carbocycles. The van der Waals surface area contributed by atoms with Crippen molar-refractivity contribution in [2.45, 2.75) is 64.7 Å². The minimum Gasteiger partial charge on any atom is -0.343 e. The summed E-state index contributed by atoms with van der Waals surface area (Å²) in [7, 11) is 0. The van der Waals surface area contributed by atoms with Crippen molar-refractivity contribution in [1.29, 1.82) is 0 Å². The Bertz CT molecular complexity index is 1030. The Kier molecular flexibility index (Phi) is 9.01. The second kappa shape index (κ2) is 12.1. The van der Waals surface area contributed by atoms with Crippen LogP contribution in [0.25, 0.3) is 0 Å². The van der Waals surface area contributed by atoms with Gasteiger partial charge < -0.3 is 9.80 Å². The molecule has 1 aliphatic carbocycles. The highest BCUT2D eigenvalue weighted by Gasteiger charge is 2.40. The molecular weight excluding hydrogens is 491 g/mol. The summed E-state index contributed by atoms with van der Waals surface area (Å²) in [6.07, 6.45) is 2.61. The number of amides is 2. The molecule has 2 amide bonds. The van der Waals surface area contributed by atoms with Crippen molar-refractivity contribution in [3.8, 4) is 0 Å². The van der Waals surface area contributed by atoms with E-state index in [0.29, 0.717) is 45.1 Å². The Labute approximate surface area is 224 Å². The molecule has 0 aromatic heterocycles. The summed E-state index contributed by atoms with van der Waals surface area (Å²) in [5.74, 6) is -0.646. The second-order valence-electron chi connectivity index (χ2n) is 11.3. The molecule has 0 spiro atoms. The first-order chi connectivity index (χ1) is 18.0. The number of piperidine rings is 1. The van der Waals surface area contributed by atoms with Crippen molar-refractivity contribution in [3.05, 3.63) is 59.7 Å². The third-order valence-electron chi connectivity index (χ3n) is 8.41. The zero-order chi connectivity index (χ0) is 27.4. The second-order valence-corrected chi connectivity index (χ2v) is 11.3. The average molecular weight is 532 g/mol. The summed E-state index contributed by atoms with van der Waals surface area (Å²) in [5, 5.41) is 0. The lowest BCUT2D eigenvalue weighted by atomic mass is 9.87. The normalized spacial score (nSPS) is 24.4. The van der Waals surface area contributed by atoms with Crippen LogP contribution < -0.4 is 0 Å². The number of carbonyl (C=O) groups is 2. The maximum absolute atomic E-state index is 13.5. The van der Waals surface area contributed by atoms with Crippen LogP contribution in [0, 0.1) is 17.8 Å². The van der Waals surface area contributed by atoms with Crippen LogP contribution in [0.4, 0.5) is 13.2 Å². The lowest BCUT2D eigenvalue weighted by molar-refractivity contribution is -0.160. The molecule has 5 nitrogen and oxygen atoms in total. The van der Waals surface area contributed by atoms with Crippen LogP contribution in [0.15, 0.2) is 54.1 Å². The van der Waals surface area contributed by atoms with Gasteiger partial charge in [0.15, 0.2) is 0 Å². The maximum Gasteiger partial charge on any atom is 0.395 e. The number of hydrogen-bond donors (Lipinski definition) is 0. The van der Waals surface area contributed by atoms with E-state index in [1.54, 1.807) is 19.1 Å². The monoisotopic (exact) mass is 531 g/mol. The Morgan fingerprint density at radius 1 is 1.03 bits per heavy atom.